The van der Waals surface area contributed by atoms with Gasteiger partial charge in [0.05, 0.1) is 5.25 Å². The molecule has 2 heterocycles. The van der Waals surface area contributed by atoms with Crippen molar-refractivity contribution in [1.82, 2.24) is 14.9 Å². The molecule has 5 nitrogen and oxygen atoms in total. The number of likely N-dealkylation sites (tertiary alicyclic amines) is 1. The molecule has 3 rings (SSSR count). The van der Waals surface area contributed by atoms with Gasteiger partial charge in [-0.1, -0.05) is 30.0 Å². The van der Waals surface area contributed by atoms with Crippen LogP contribution >= 0.6 is 23.5 Å². The highest BCUT2D eigenvalue weighted by Crippen LogP contribution is 2.33. The van der Waals surface area contributed by atoms with Gasteiger partial charge in [0.2, 0.25) is 5.91 Å². The van der Waals surface area contributed by atoms with E-state index in [1.54, 1.807) is 6.92 Å². The third-order valence-corrected chi connectivity index (χ3v) is 7.11. The molecule has 0 spiro atoms. The van der Waals surface area contributed by atoms with Crippen LogP contribution in [0.2, 0.25) is 0 Å². The number of aromatic amines is 1. The van der Waals surface area contributed by atoms with Crippen molar-refractivity contribution in [3.63, 3.8) is 0 Å². The first-order chi connectivity index (χ1) is 12.9. The minimum atomic E-state index is -0.268. The summed E-state index contributed by atoms with van der Waals surface area (Å²) in [7, 11) is 0. The molecule has 0 bridgehead atoms. The number of hydrogen-bond acceptors (Lipinski definition) is 5. The van der Waals surface area contributed by atoms with Gasteiger partial charge in [0.1, 0.15) is 0 Å². The van der Waals surface area contributed by atoms with E-state index < -0.39 is 0 Å². The van der Waals surface area contributed by atoms with Crippen LogP contribution in [0.1, 0.15) is 31.0 Å². The fourth-order valence-electron chi connectivity index (χ4n) is 3.14. The highest BCUT2D eigenvalue weighted by Gasteiger charge is 2.27. The molecule has 1 unspecified atom stereocenters. The number of benzene rings is 1. The van der Waals surface area contributed by atoms with Gasteiger partial charge in [-0.3, -0.25) is 9.59 Å². The first-order valence-electron chi connectivity index (χ1n) is 9.18. The Bertz CT molecular complexity index is 860. The summed E-state index contributed by atoms with van der Waals surface area (Å²) in [5, 5.41) is 0.786. The summed E-state index contributed by atoms with van der Waals surface area (Å²) in [6.07, 6.45) is 2.00. The molecule has 1 aliphatic rings. The summed E-state index contributed by atoms with van der Waals surface area (Å²) in [4.78, 5) is 34.6. The van der Waals surface area contributed by atoms with Crippen molar-refractivity contribution < 1.29 is 4.79 Å². The Balaban J connectivity index is 1.53. The van der Waals surface area contributed by atoms with Gasteiger partial charge in [-0.15, -0.1) is 11.8 Å². The molecule has 1 aromatic heterocycles. The van der Waals surface area contributed by atoms with E-state index in [0.717, 1.165) is 25.9 Å². The number of aromatic nitrogens is 2. The molecule has 0 saturated carbocycles. The number of hydrogen-bond donors (Lipinski definition) is 1. The summed E-state index contributed by atoms with van der Waals surface area (Å²) < 4.78 is 0. The van der Waals surface area contributed by atoms with Crippen LogP contribution in [0.5, 0.6) is 0 Å². The number of piperidine rings is 1. The van der Waals surface area contributed by atoms with Crippen molar-refractivity contribution in [2.75, 3.05) is 13.1 Å². The maximum Gasteiger partial charge on any atom is 0.251 e. The van der Waals surface area contributed by atoms with Gasteiger partial charge >= 0.3 is 0 Å². The highest BCUT2D eigenvalue weighted by atomic mass is 32.2. The van der Waals surface area contributed by atoms with Gasteiger partial charge in [-0.2, -0.15) is 0 Å². The summed E-state index contributed by atoms with van der Waals surface area (Å²) >= 11 is 3.24. The number of carbonyl (C=O) groups is 1. The number of nitrogens with zero attached hydrogens (tertiary/aromatic N) is 2. The average Bonchev–Trinajstić information content (AvgIpc) is 2.63. The maximum atomic E-state index is 12.8. The van der Waals surface area contributed by atoms with Crippen molar-refractivity contribution in [3.8, 4) is 0 Å². The zero-order valence-corrected chi connectivity index (χ0v) is 17.5. The fraction of sp³-hybridized carbons (Fsp3) is 0.450. The third-order valence-electron chi connectivity index (χ3n) is 4.63. The highest BCUT2D eigenvalue weighted by molar-refractivity contribution is 8.00. The standard InChI is InChI=1S/C20H25N3O2S2/c1-13-6-4-5-7-17(13)27-16-8-10-23(11-9-16)19(25)15(3)26-20-21-14(2)12-18(24)22-20/h4-7,12,15-16H,8-11H2,1-3H3,(H,21,22,24). The van der Waals surface area contributed by atoms with E-state index in [2.05, 4.69) is 41.2 Å². The Morgan fingerprint density at radius 2 is 1.96 bits per heavy atom. The lowest BCUT2D eigenvalue weighted by molar-refractivity contribution is -0.131. The molecule has 144 valence electrons. The lowest BCUT2D eigenvalue weighted by Gasteiger charge is -2.33. The van der Waals surface area contributed by atoms with Gasteiger partial charge in [-0.05, 0) is 45.2 Å². The first-order valence-corrected chi connectivity index (χ1v) is 10.9. The van der Waals surface area contributed by atoms with Gasteiger partial charge < -0.3 is 9.88 Å². The largest absolute Gasteiger partial charge is 0.342 e. The van der Waals surface area contributed by atoms with E-state index in [1.807, 2.05) is 23.6 Å². The smallest absolute Gasteiger partial charge is 0.251 e. The van der Waals surface area contributed by atoms with Crippen molar-refractivity contribution in [1.29, 1.82) is 0 Å². The second-order valence-corrected chi connectivity index (χ2v) is 9.53. The van der Waals surface area contributed by atoms with Crippen LogP contribution in [0.25, 0.3) is 0 Å². The van der Waals surface area contributed by atoms with Crippen LogP contribution in [0.15, 0.2) is 45.2 Å². The van der Waals surface area contributed by atoms with Crippen LogP contribution in [0, 0.1) is 13.8 Å². The monoisotopic (exact) mass is 403 g/mol. The Labute approximate surface area is 168 Å². The Morgan fingerprint density at radius 1 is 1.26 bits per heavy atom. The number of nitrogens with one attached hydrogen (secondary N) is 1. The molecule has 1 aromatic carbocycles. The SMILES string of the molecule is Cc1cc(=O)[nH]c(SC(C)C(=O)N2CCC(Sc3ccccc3C)CC2)n1. The number of rotatable bonds is 5. The minimum absolute atomic E-state index is 0.114. The average molecular weight is 404 g/mol. The molecule has 0 radical (unpaired) electrons. The molecule has 1 amide bonds. The molecular formula is C20H25N3O2S2. The zero-order chi connectivity index (χ0) is 19.4. The lowest BCUT2D eigenvalue weighted by Crippen LogP contribution is -2.42. The predicted molar refractivity (Wildman–Crippen MR) is 112 cm³/mol. The quantitative estimate of drug-likeness (QED) is 0.610. The van der Waals surface area contributed by atoms with Crippen LogP contribution in [-0.2, 0) is 4.79 Å². The van der Waals surface area contributed by atoms with Crippen LogP contribution in [0.3, 0.4) is 0 Å². The first kappa shape index (κ1) is 20.0. The lowest BCUT2D eigenvalue weighted by atomic mass is 10.1. The molecule has 0 aliphatic carbocycles. The Kier molecular flexibility index (Phi) is 6.65. The molecular weight excluding hydrogens is 378 g/mol. The van der Waals surface area contributed by atoms with Gasteiger partial charge in [0, 0.05) is 35.0 Å². The van der Waals surface area contributed by atoms with E-state index in [4.69, 9.17) is 0 Å². The predicted octanol–water partition coefficient (Wildman–Crippen LogP) is 3.65. The summed E-state index contributed by atoms with van der Waals surface area (Å²) in [6, 6.07) is 9.91. The number of carbonyl (C=O) groups excluding carboxylic acids is 1. The molecule has 2 aromatic rings. The van der Waals surface area contributed by atoms with Crippen molar-refractivity contribution in [2.45, 2.75) is 54.2 Å². The molecule has 1 fully saturated rings. The summed E-state index contributed by atoms with van der Waals surface area (Å²) in [6.45, 7) is 7.37. The Hall–Kier alpha value is -1.73. The number of thioether (sulfide) groups is 2. The van der Waals surface area contributed by atoms with Crippen molar-refractivity contribution >= 4 is 29.4 Å². The molecule has 27 heavy (non-hydrogen) atoms. The van der Waals surface area contributed by atoms with Crippen LogP contribution < -0.4 is 5.56 Å². The number of aryl methyl sites for hydroxylation is 2. The fourth-order valence-corrected chi connectivity index (χ4v) is 5.30. The zero-order valence-electron chi connectivity index (χ0n) is 15.9. The molecule has 1 atom stereocenters. The van der Waals surface area contributed by atoms with Gasteiger partial charge in [0.15, 0.2) is 5.16 Å². The maximum absolute atomic E-state index is 12.8. The second kappa shape index (κ2) is 8.97. The Morgan fingerprint density at radius 3 is 2.63 bits per heavy atom. The second-order valence-electron chi connectivity index (χ2n) is 6.86. The van der Waals surface area contributed by atoms with Gasteiger partial charge in [-0.25, -0.2) is 4.98 Å². The summed E-state index contributed by atoms with van der Waals surface area (Å²) in [5.74, 6) is 0.114. The number of H-pyrrole nitrogens is 1. The molecule has 7 heteroatoms. The normalized spacial score (nSPS) is 16.3. The van der Waals surface area contributed by atoms with Gasteiger partial charge in [0.25, 0.3) is 5.56 Å². The number of amides is 1. The minimum Gasteiger partial charge on any atom is -0.342 e. The van der Waals surface area contributed by atoms with E-state index in [-0.39, 0.29) is 16.7 Å². The summed E-state index contributed by atoms with van der Waals surface area (Å²) in [5.41, 5.74) is 1.79. The third kappa shape index (κ3) is 5.39. The van der Waals surface area contributed by atoms with E-state index in [0.29, 0.717) is 16.1 Å². The van der Waals surface area contributed by atoms with E-state index in [1.165, 1.54) is 28.3 Å². The van der Waals surface area contributed by atoms with Crippen molar-refractivity contribution in [2.24, 2.45) is 0 Å². The van der Waals surface area contributed by atoms with Crippen LogP contribution in [0.4, 0.5) is 0 Å². The van der Waals surface area contributed by atoms with E-state index >= 15 is 0 Å². The topological polar surface area (TPSA) is 66.1 Å². The van der Waals surface area contributed by atoms with E-state index in [9.17, 15) is 9.59 Å². The van der Waals surface area contributed by atoms with Crippen LogP contribution in [-0.4, -0.2) is 44.4 Å². The molecule has 1 N–H and O–H groups in total. The molecule has 1 aliphatic heterocycles. The van der Waals surface area contributed by atoms with Crippen molar-refractivity contribution in [3.05, 3.63) is 51.9 Å². The molecule has 1 saturated heterocycles.